The quantitative estimate of drug-likeness (QED) is 0.862. The van der Waals surface area contributed by atoms with Crippen molar-refractivity contribution < 1.29 is 0 Å². The van der Waals surface area contributed by atoms with Gasteiger partial charge in [-0.2, -0.15) is 5.10 Å². The molecule has 1 aromatic carbocycles. The van der Waals surface area contributed by atoms with Gasteiger partial charge in [0.1, 0.15) is 0 Å². The van der Waals surface area contributed by atoms with Gasteiger partial charge in [0.2, 0.25) is 0 Å². The summed E-state index contributed by atoms with van der Waals surface area (Å²) in [5.74, 6) is 0. The highest BCUT2D eigenvalue weighted by molar-refractivity contribution is 6.31. The molecule has 0 atom stereocenters. The number of aromatic nitrogens is 2. The highest BCUT2D eigenvalue weighted by Gasteiger charge is 2.14. The lowest BCUT2D eigenvalue weighted by Crippen LogP contribution is -2.20. The predicted octanol–water partition coefficient (Wildman–Crippen LogP) is 3.08. The molecule has 0 saturated carbocycles. The van der Waals surface area contributed by atoms with Gasteiger partial charge in [0, 0.05) is 25.3 Å². The van der Waals surface area contributed by atoms with Crippen LogP contribution in [0.15, 0.2) is 24.3 Å². The van der Waals surface area contributed by atoms with Crippen molar-refractivity contribution in [1.82, 2.24) is 14.7 Å². The maximum absolute atomic E-state index is 6.33. The van der Waals surface area contributed by atoms with Gasteiger partial charge in [-0.15, -0.1) is 0 Å². The molecular weight excluding hydrogens is 272 g/mol. The topological polar surface area (TPSA) is 47.1 Å². The standard InChI is InChI=1S/C15H21ClN4/c1-4-20-14(15(16)11(2)18-20)10-19(3)9-12-5-7-13(17)8-6-12/h5-8H,4,9-10,17H2,1-3H3. The molecule has 0 radical (unpaired) electrons. The lowest BCUT2D eigenvalue weighted by Gasteiger charge is -2.17. The van der Waals surface area contributed by atoms with Gasteiger partial charge < -0.3 is 5.73 Å². The average molecular weight is 293 g/mol. The fourth-order valence-electron chi connectivity index (χ4n) is 2.27. The van der Waals surface area contributed by atoms with Gasteiger partial charge in [-0.1, -0.05) is 23.7 Å². The summed E-state index contributed by atoms with van der Waals surface area (Å²) >= 11 is 6.33. The van der Waals surface area contributed by atoms with E-state index in [9.17, 15) is 0 Å². The third-order valence-corrected chi connectivity index (χ3v) is 3.80. The average Bonchev–Trinajstić information content (AvgIpc) is 2.69. The van der Waals surface area contributed by atoms with Gasteiger partial charge in [-0.25, -0.2) is 0 Å². The molecule has 2 aromatic rings. The van der Waals surface area contributed by atoms with Crippen LogP contribution in [0.25, 0.3) is 0 Å². The lowest BCUT2D eigenvalue weighted by molar-refractivity contribution is 0.307. The largest absolute Gasteiger partial charge is 0.399 e. The summed E-state index contributed by atoms with van der Waals surface area (Å²) in [5, 5.41) is 5.22. The molecule has 2 rings (SSSR count). The number of aryl methyl sites for hydroxylation is 2. The molecule has 5 heteroatoms. The fraction of sp³-hybridized carbons (Fsp3) is 0.400. The minimum atomic E-state index is 0.774. The Labute approximate surface area is 125 Å². The van der Waals surface area contributed by atoms with Gasteiger partial charge >= 0.3 is 0 Å². The molecule has 0 aliphatic carbocycles. The van der Waals surface area contributed by atoms with Crippen molar-refractivity contribution in [2.75, 3.05) is 12.8 Å². The third kappa shape index (κ3) is 3.32. The van der Waals surface area contributed by atoms with E-state index >= 15 is 0 Å². The summed E-state index contributed by atoms with van der Waals surface area (Å²) < 4.78 is 1.97. The van der Waals surface area contributed by atoms with Crippen LogP contribution in [0.3, 0.4) is 0 Å². The Kier molecular flexibility index (Phi) is 4.68. The molecule has 1 heterocycles. The molecule has 0 spiro atoms. The number of anilines is 1. The summed E-state index contributed by atoms with van der Waals surface area (Å²) in [6.07, 6.45) is 0. The van der Waals surface area contributed by atoms with Crippen LogP contribution in [0.4, 0.5) is 5.69 Å². The van der Waals surface area contributed by atoms with E-state index in [1.807, 2.05) is 23.7 Å². The Balaban J connectivity index is 2.08. The molecule has 0 unspecified atom stereocenters. The van der Waals surface area contributed by atoms with Gasteiger partial charge in [0.05, 0.1) is 16.4 Å². The first-order valence-electron chi connectivity index (χ1n) is 6.76. The number of nitrogens with zero attached hydrogens (tertiary/aromatic N) is 3. The Bertz CT molecular complexity index is 574. The van der Waals surface area contributed by atoms with Crippen LogP contribution in [0.1, 0.15) is 23.9 Å². The van der Waals surface area contributed by atoms with E-state index in [1.54, 1.807) is 0 Å². The first-order chi connectivity index (χ1) is 9.51. The Morgan fingerprint density at radius 2 is 1.90 bits per heavy atom. The lowest BCUT2D eigenvalue weighted by atomic mass is 10.2. The number of hydrogen-bond acceptors (Lipinski definition) is 3. The van der Waals surface area contributed by atoms with Crippen LogP contribution in [0, 0.1) is 6.92 Å². The van der Waals surface area contributed by atoms with E-state index in [4.69, 9.17) is 17.3 Å². The molecule has 0 saturated heterocycles. The zero-order chi connectivity index (χ0) is 14.7. The zero-order valence-corrected chi connectivity index (χ0v) is 13.0. The molecule has 4 nitrogen and oxygen atoms in total. The number of nitrogens with two attached hydrogens (primary N) is 1. The van der Waals surface area contributed by atoms with Crippen molar-refractivity contribution in [3.05, 3.63) is 46.2 Å². The SMILES string of the molecule is CCn1nc(C)c(Cl)c1CN(C)Cc1ccc(N)cc1. The van der Waals surface area contributed by atoms with Crippen molar-refractivity contribution in [2.24, 2.45) is 0 Å². The molecule has 0 bridgehead atoms. The van der Waals surface area contributed by atoms with Crippen LogP contribution in [0.2, 0.25) is 5.02 Å². The van der Waals surface area contributed by atoms with Crippen LogP contribution in [-0.2, 0) is 19.6 Å². The number of hydrogen-bond donors (Lipinski definition) is 1. The second kappa shape index (κ2) is 6.29. The van der Waals surface area contributed by atoms with E-state index in [0.717, 1.165) is 41.7 Å². The number of nitrogen functional groups attached to an aromatic ring is 1. The minimum absolute atomic E-state index is 0.774. The Morgan fingerprint density at radius 3 is 2.50 bits per heavy atom. The summed E-state index contributed by atoms with van der Waals surface area (Å²) in [6.45, 7) is 6.48. The highest BCUT2D eigenvalue weighted by Crippen LogP contribution is 2.22. The predicted molar refractivity (Wildman–Crippen MR) is 83.7 cm³/mol. The van der Waals surface area contributed by atoms with E-state index in [-0.39, 0.29) is 0 Å². The second-order valence-electron chi connectivity index (χ2n) is 5.08. The van der Waals surface area contributed by atoms with E-state index in [1.165, 1.54) is 5.56 Å². The molecule has 0 amide bonds. The van der Waals surface area contributed by atoms with Crippen molar-refractivity contribution >= 4 is 17.3 Å². The van der Waals surface area contributed by atoms with Gasteiger partial charge in [0.25, 0.3) is 0 Å². The fourth-order valence-corrected chi connectivity index (χ4v) is 2.46. The summed E-state index contributed by atoms with van der Waals surface area (Å²) in [5.41, 5.74) is 9.69. The van der Waals surface area contributed by atoms with Crippen molar-refractivity contribution in [1.29, 1.82) is 0 Å². The van der Waals surface area contributed by atoms with Crippen LogP contribution in [0.5, 0.6) is 0 Å². The maximum Gasteiger partial charge on any atom is 0.0860 e. The third-order valence-electron chi connectivity index (χ3n) is 3.30. The number of halogens is 1. The highest BCUT2D eigenvalue weighted by atomic mass is 35.5. The minimum Gasteiger partial charge on any atom is -0.399 e. The van der Waals surface area contributed by atoms with Crippen LogP contribution >= 0.6 is 11.6 Å². The van der Waals surface area contributed by atoms with Crippen LogP contribution in [-0.4, -0.2) is 21.7 Å². The first-order valence-corrected chi connectivity index (χ1v) is 7.13. The molecule has 1 aromatic heterocycles. The molecule has 108 valence electrons. The molecule has 0 fully saturated rings. The molecule has 2 N–H and O–H groups in total. The summed E-state index contributed by atoms with van der Waals surface area (Å²) in [4.78, 5) is 2.22. The zero-order valence-electron chi connectivity index (χ0n) is 12.2. The first kappa shape index (κ1) is 14.9. The molecule has 20 heavy (non-hydrogen) atoms. The molecule has 0 aliphatic rings. The second-order valence-corrected chi connectivity index (χ2v) is 5.45. The monoisotopic (exact) mass is 292 g/mol. The van der Waals surface area contributed by atoms with E-state index in [2.05, 4.69) is 36.1 Å². The molecular formula is C15H21ClN4. The van der Waals surface area contributed by atoms with Crippen molar-refractivity contribution in [2.45, 2.75) is 33.5 Å². The van der Waals surface area contributed by atoms with Crippen molar-refractivity contribution in [3.63, 3.8) is 0 Å². The van der Waals surface area contributed by atoms with Gasteiger partial charge in [-0.05, 0) is 38.6 Å². The number of rotatable bonds is 5. The normalized spacial score (nSPS) is 11.2. The summed E-state index contributed by atoms with van der Waals surface area (Å²) in [7, 11) is 2.08. The maximum atomic E-state index is 6.33. The summed E-state index contributed by atoms with van der Waals surface area (Å²) in [6, 6.07) is 7.96. The smallest absolute Gasteiger partial charge is 0.0860 e. The Morgan fingerprint density at radius 1 is 1.25 bits per heavy atom. The van der Waals surface area contributed by atoms with Gasteiger partial charge in [-0.3, -0.25) is 9.58 Å². The number of benzene rings is 1. The van der Waals surface area contributed by atoms with Crippen molar-refractivity contribution in [3.8, 4) is 0 Å². The molecule has 0 aliphatic heterocycles. The van der Waals surface area contributed by atoms with E-state index in [0.29, 0.717) is 0 Å². The van der Waals surface area contributed by atoms with E-state index < -0.39 is 0 Å². The van der Waals surface area contributed by atoms with Crippen LogP contribution < -0.4 is 5.73 Å². The Hall–Kier alpha value is -1.52. The van der Waals surface area contributed by atoms with Gasteiger partial charge in [0.15, 0.2) is 0 Å².